The van der Waals surface area contributed by atoms with Crippen LogP contribution in [0.25, 0.3) is 11.1 Å². The second-order valence-corrected chi connectivity index (χ2v) is 37.3. The molecule has 0 aliphatic rings. The van der Waals surface area contributed by atoms with Gasteiger partial charge in [-0.2, -0.15) is 0 Å². The summed E-state index contributed by atoms with van der Waals surface area (Å²) in [7, 11) is 0. The van der Waals surface area contributed by atoms with Crippen LogP contribution in [0.5, 0.6) is 0 Å². The molecule has 230 valence electrons. The van der Waals surface area contributed by atoms with Crippen molar-refractivity contribution in [2.24, 2.45) is 0 Å². The monoisotopic (exact) mass is 778 g/mol. The maximum absolute atomic E-state index is 14.9. The van der Waals surface area contributed by atoms with Gasteiger partial charge in [0.25, 0.3) is 0 Å². The van der Waals surface area contributed by atoms with Crippen molar-refractivity contribution in [1.29, 1.82) is 0 Å². The van der Waals surface area contributed by atoms with Crippen molar-refractivity contribution in [3.05, 3.63) is 54.1 Å². The zero-order chi connectivity index (χ0) is 30.0. The van der Waals surface area contributed by atoms with Crippen LogP contribution in [0.1, 0.15) is 129 Å². The summed E-state index contributed by atoms with van der Waals surface area (Å²) in [6.45, 7) is 13.9. The molecule has 0 aliphatic carbocycles. The van der Waals surface area contributed by atoms with Crippen LogP contribution in [0, 0.1) is 0 Å². The van der Waals surface area contributed by atoms with Crippen molar-refractivity contribution in [3.63, 3.8) is 0 Å². The fourth-order valence-corrected chi connectivity index (χ4v) is 36.4. The van der Waals surface area contributed by atoms with E-state index in [0.29, 0.717) is 0 Å². The normalized spacial score (nSPS) is 12.0. The standard InChI is InChI=1S/C13H9O2.6C4H9.2Sn/c14-13(15)12-9-5-4-8-11(12)10-6-2-1-3-7-10;6*1-3-4-2;;/h1-8H,(H,14,15);6*1,3-4H2,2H3;;/q;;;;;;;;+1/p-1. The van der Waals surface area contributed by atoms with Crippen molar-refractivity contribution in [2.75, 3.05) is 0 Å². The van der Waals surface area contributed by atoms with Gasteiger partial charge in [-0.05, 0) is 0 Å². The van der Waals surface area contributed by atoms with Crippen LogP contribution in [0.15, 0.2) is 48.5 Å². The van der Waals surface area contributed by atoms with E-state index in [1.165, 1.54) is 113 Å². The topological polar surface area (TPSA) is 26.3 Å². The number of benzene rings is 2. The van der Waals surface area contributed by atoms with E-state index in [1.54, 1.807) is 0 Å². The molecule has 0 N–H and O–H groups in total. The van der Waals surface area contributed by atoms with Gasteiger partial charge in [0.15, 0.2) is 0 Å². The van der Waals surface area contributed by atoms with Crippen LogP contribution < -0.4 is 3.58 Å². The van der Waals surface area contributed by atoms with Crippen LogP contribution in [-0.2, 0) is 3.07 Å². The molecular weight excluding hydrogens is 714 g/mol. The Hall–Kier alpha value is -0.493. The van der Waals surface area contributed by atoms with Gasteiger partial charge >= 0.3 is 265 Å². The molecule has 0 unspecified atom stereocenters. The van der Waals surface area contributed by atoms with Gasteiger partial charge in [0.2, 0.25) is 0 Å². The molecule has 0 bridgehead atoms. The number of carbonyl (C=O) groups excluding carboxylic acids is 1. The Balaban J connectivity index is 2.79. The molecule has 0 saturated carbocycles. The Morgan fingerprint density at radius 3 is 1.44 bits per heavy atom. The number of carbonyl (C=O) groups is 1. The van der Waals surface area contributed by atoms with E-state index in [9.17, 15) is 4.79 Å². The Bertz CT molecular complexity index is 944. The van der Waals surface area contributed by atoms with Gasteiger partial charge in [-0.25, -0.2) is 0 Å². The van der Waals surface area contributed by atoms with E-state index in [0.717, 1.165) is 11.1 Å². The summed E-state index contributed by atoms with van der Waals surface area (Å²) in [5.74, 6) is 0.0594. The minimum absolute atomic E-state index is 0.0594. The van der Waals surface area contributed by atoms with Crippen LogP contribution >= 0.6 is 0 Å². The van der Waals surface area contributed by atoms with Crippen molar-refractivity contribution >= 4 is 46.7 Å². The van der Waals surface area contributed by atoms with E-state index < -0.39 is 37.2 Å². The van der Waals surface area contributed by atoms with E-state index in [4.69, 9.17) is 3.07 Å². The van der Waals surface area contributed by atoms with Crippen LogP contribution in [-0.4, -0.2) is 43.1 Å². The third-order valence-corrected chi connectivity index (χ3v) is 37.5. The molecule has 0 radical (unpaired) electrons. The number of unbranched alkanes of at least 4 members (excludes halogenated alkanes) is 6. The SMILES string of the molecule is CCC[CH2][Sn]([CH2]CCC)([CH2]CCC)[O]C(=O)c1c(-c2ccccc2)ccc[c]1[Sn]([CH2]CCC)([CH2]CCC)[CH2]CCC. The molecule has 0 heterocycles. The number of hydrogen-bond acceptors (Lipinski definition) is 2. The second-order valence-electron chi connectivity index (χ2n) is 12.6. The first-order valence-corrected chi connectivity index (χ1v) is 32.1. The minimum atomic E-state index is -3.16. The quantitative estimate of drug-likeness (QED) is 0.111. The van der Waals surface area contributed by atoms with E-state index in [-0.39, 0.29) is 5.97 Å². The molecule has 2 rings (SSSR count). The molecule has 2 nitrogen and oxygen atoms in total. The van der Waals surface area contributed by atoms with Gasteiger partial charge in [0, 0.05) is 0 Å². The molecular formula is C37H62O2Sn2. The summed E-state index contributed by atoms with van der Waals surface area (Å²) < 4.78 is 16.3. The van der Waals surface area contributed by atoms with Crippen LogP contribution in [0.4, 0.5) is 0 Å². The zero-order valence-electron chi connectivity index (χ0n) is 27.7. The molecule has 0 aliphatic heterocycles. The number of rotatable bonds is 22. The van der Waals surface area contributed by atoms with Crippen LogP contribution in [0.2, 0.25) is 26.6 Å². The summed E-state index contributed by atoms with van der Waals surface area (Å²) >= 11 is -6.10. The number of hydrogen-bond donors (Lipinski definition) is 0. The average molecular weight is 776 g/mol. The predicted octanol–water partition coefficient (Wildman–Crippen LogP) is 11.9. The molecule has 2 aromatic carbocycles. The molecule has 0 fully saturated rings. The molecule has 41 heavy (non-hydrogen) atoms. The van der Waals surface area contributed by atoms with E-state index >= 15 is 0 Å². The van der Waals surface area contributed by atoms with Gasteiger partial charge in [0.05, 0.1) is 0 Å². The first-order valence-electron chi connectivity index (χ1n) is 17.4. The van der Waals surface area contributed by atoms with Crippen molar-refractivity contribution in [1.82, 2.24) is 0 Å². The van der Waals surface area contributed by atoms with Gasteiger partial charge in [-0.15, -0.1) is 0 Å². The van der Waals surface area contributed by atoms with Gasteiger partial charge in [0.1, 0.15) is 0 Å². The first kappa shape index (κ1) is 36.7. The summed E-state index contributed by atoms with van der Waals surface area (Å²) in [6, 6.07) is 17.6. The third kappa shape index (κ3) is 11.2. The Kier molecular flexibility index (Phi) is 18.3. The first-order chi connectivity index (χ1) is 20.0. The average Bonchev–Trinajstić information content (AvgIpc) is 3.01. The molecule has 0 amide bonds. The Labute approximate surface area is 263 Å². The van der Waals surface area contributed by atoms with Crippen molar-refractivity contribution in [3.8, 4) is 11.1 Å². The van der Waals surface area contributed by atoms with E-state index in [2.05, 4.69) is 90.1 Å². The maximum atomic E-state index is 14.9. The van der Waals surface area contributed by atoms with Crippen LogP contribution in [0.3, 0.4) is 0 Å². The molecule has 0 spiro atoms. The third-order valence-electron chi connectivity index (χ3n) is 9.22. The van der Waals surface area contributed by atoms with Crippen molar-refractivity contribution in [2.45, 2.75) is 145 Å². The fraction of sp³-hybridized carbons (Fsp3) is 0.649. The predicted molar refractivity (Wildman–Crippen MR) is 187 cm³/mol. The van der Waals surface area contributed by atoms with Gasteiger partial charge < -0.3 is 0 Å². The summed E-state index contributed by atoms with van der Waals surface area (Å²) in [5, 5.41) is 0. The molecule has 0 atom stereocenters. The Morgan fingerprint density at radius 2 is 1.00 bits per heavy atom. The van der Waals surface area contributed by atoms with E-state index in [1.807, 2.05) is 0 Å². The summed E-state index contributed by atoms with van der Waals surface area (Å²) in [4.78, 5) is 14.9. The van der Waals surface area contributed by atoms with Gasteiger partial charge in [-0.1, -0.05) is 0 Å². The Morgan fingerprint density at radius 1 is 0.561 bits per heavy atom. The summed E-state index contributed by atoms with van der Waals surface area (Å²) in [5.41, 5.74) is 3.28. The van der Waals surface area contributed by atoms with Gasteiger partial charge in [-0.3, -0.25) is 0 Å². The second kappa shape index (κ2) is 20.5. The summed E-state index contributed by atoms with van der Waals surface area (Å²) in [6.07, 6.45) is 14.8. The molecule has 0 saturated heterocycles. The molecule has 0 aromatic heterocycles. The zero-order valence-corrected chi connectivity index (χ0v) is 33.4. The fourth-order valence-electron chi connectivity index (χ4n) is 6.67. The molecule has 4 heteroatoms. The molecule has 2 aromatic rings. The van der Waals surface area contributed by atoms with Crippen molar-refractivity contribution < 1.29 is 7.87 Å².